The number of ether oxygens (including phenoxy) is 2. The van der Waals surface area contributed by atoms with Crippen LogP contribution in [-0.2, 0) is 6.61 Å². The Balaban J connectivity index is 1.64. The molecule has 3 rings (SSSR count). The van der Waals surface area contributed by atoms with E-state index in [1.807, 2.05) is 67.6 Å². The van der Waals surface area contributed by atoms with Crippen molar-refractivity contribution in [2.75, 3.05) is 11.9 Å². The quantitative estimate of drug-likeness (QED) is 0.660. The summed E-state index contributed by atoms with van der Waals surface area (Å²) in [6.45, 7) is 2.95. The van der Waals surface area contributed by atoms with Crippen molar-refractivity contribution in [1.82, 2.24) is 0 Å². The average molecular weight is 347 g/mol. The molecular formula is C22H21NO3. The van der Waals surface area contributed by atoms with Crippen LogP contribution in [0.2, 0.25) is 0 Å². The number of hydrogen-bond donors (Lipinski definition) is 1. The summed E-state index contributed by atoms with van der Waals surface area (Å²) in [7, 11) is 0. The van der Waals surface area contributed by atoms with Crippen molar-refractivity contribution in [2.45, 2.75) is 13.5 Å². The van der Waals surface area contributed by atoms with Gasteiger partial charge in [-0.15, -0.1) is 0 Å². The van der Waals surface area contributed by atoms with Crippen LogP contribution in [0.3, 0.4) is 0 Å². The third-order valence-electron chi connectivity index (χ3n) is 3.75. The van der Waals surface area contributed by atoms with E-state index in [1.54, 1.807) is 18.2 Å². The predicted molar refractivity (Wildman–Crippen MR) is 103 cm³/mol. The number of carbonyl (C=O) groups excluding carboxylic acids is 1. The standard InChI is InChI=1S/C22H21NO3/c1-2-25-20-12-6-10-18(14-20)22(24)23-19-11-7-13-21(15-19)26-16-17-8-4-3-5-9-17/h3-15H,2,16H2,1H3,(H,23,24). The lowest BCUT2D eigenvalue weighted by atomic mass is 10.2. The van der Waals surface area contributed by atoms with Crippen molar-refractivity contribution >= 4 is 11.6 Å². The molecule has 0 spiro atoms. The van der Waals surface area contributed by atoms with Crippen LogP contribution >= 0.6 is 0 Å². The second-order valence-electron chi connectivity index (χ2n) is 5.72. The van der Waals surface area contributed by atoms with Crippen LogP contribution in [0.15, 0.2) is 78.9 Å². The number of benzene rings is 3. The van der Waals surface area contributed by atoms with E-state index in [1.165, 1.54) is 0 Å². The smallest absolute Gasteiger partial charge is 0.255 e. The van der Waals surface area contributed by atoms with Crippen LogP contribution < -0.4 is 14.8 Å². The van der Waals surface area contributed by atoms with Gasteiger partial charge in [-0.1, -0.05) is 42.5 Å². The van der Waals surface area contributed by atoms with Crippen molar-refractivity contribution in [1.29, 1.82) is 0 Å². The molecule has 0 bridgehead atoms. The Bertz CT molecular complexity index is 862. The normalized spacial score (nSPS) is 10.2. The first-order valence-corrected chi connectivity index (χ1v) is 8.55. The van der Waals surface area contributed by atoms with Crippen molar-refractivity contribution in [3.8, 4) is 11.5 Å². The Morgan fingerprint density at radius 1 is 0.846 bits per heavy atom. The minimum absolute atomic E-state index is 0.188. The molecular weight excluding hydrogens is 326 g/mol. The fraction of sp³-hybridized carbons (Fsp3) is 0.136. The summed E-state index contributed by atoms with van der Waals surface area (Å²) in [4.78, 5) is 12.5. The maximum atomic E-state index is 12.5. The van der Waals surface area contributed by atoms with Crippen LogP contribution in [0, 0.1) is 0 Å². The molecule has 4 heteroatoms. The molecule has 0 saturated carbocycles. The topological polar surface area (TPSA) is 47.6 Å². The average Bonchev–Trinajstić information content (AvgIpc) is 2.68. The summed E-state index contributed by atoms with van der Waals surface area (Å²) in [5, 5.41) is 2.89. The first-order valence-electron chi connectivity index (χ1n) is 8.55. The lowest BCUT2D eigenvalue weighted by Gasteiger charge is -2.10. The van der Waals surface area contributed by atoms with Gasteiger partial charge in [0.2, 0.25) is 0 Å². The van der Waals surface area contributed by atoms with E-state index in [2.05, 4.69) is 5.32 Å². The molecule has 0 unspecified atom stereocenters. The summed E-state index contributed by atoms with van der Waals surface area (Å²) >= 11 is 0. The number of anilines is 1. The highest BCUT2D eigenvalue weighted by molar-refractivity contribution is 6.04. The number of nitrogens with one attached hydrogen (secondary N) is 1. The molecule has 0 heterocycles. The van der Waals surface area contributed by atoms with Crippen LogP contribution in [0.4, 0.5) is 5.69 Å². The van der Waals surface area contributed by atoms with Crippen LogP contribution in [0.1, 0.15) is 22.8 Å². The van der Waals surface area contributed by atoms with Gasteiger partial charge in [-0.2, -0.15) is 0 Å². The van der Waals surface area contributed by atoms with Gasteiger partial charge in [0, 0.05) is 17.3 Å². The minimum atomic E-state index is -0.188. The highest BCUT2D eigenvalue weighted by Crippen LogP contribution is 2.20. The SMILES string of the molecule is CCOc1cccc(C(=O)Nc2cccc(OCc3ccccc3)c2)c1. The van der Waals surface area contributed by atoms with Gasteiger partial charge in [0.25, 0.3) is 5.91 Å². The van der Waals surface area contributed by atoms with Crippen molar-refractivity contribution in [2.24, 2.45) is 0 Å². The third-order valence-corrected chi connectivity index (χ3v) is 3.75. The minimum Gasteiger partial charge on any atom is -0.494 e. The molecule has 0 saturated heterocycles. The highest BCUT2D eigenvalue weighted by atomic mass is 16.5. The number of carbonyl (C=O) groups is 1. The number of hydrogen-bond acceptors (Lipinski definition) is 3. The molecule has 1 N–H and O–H groups in total. The summed E-state index contributed by atoms with van der Waals surface area (Å²) < 4.78 is 11.2. The Labute approximate surface area is 153 Å². The maximum Gasteiger partial charge on any atom is 0.255 e. The van der Waals surface area contributed by atoms with E-state index in [9.17, 15) is 4.79 Å². The summed E-state index contributed by atoms with van der Waals surface area (Å²) in [6, 6.07) is 24.4. The van der Waals surface area contributed by atoms with E-state index >= 15 is 0 Å². The summed E-state index contributed by atoms with van der Waals surface area (Å²) in [5.41, 5.74) is 2.32. The van der Waals surface area contributed by atoms with Gasteiger partial charge in [0.05, 0.1) is 6.61 Å². The molecule has 26 heavy (non-hydrogen) atoms. The molecule has 0 atom stereocenters. The number of rotatable bonds is 7. The van der Waals surface area contributed by atoms with Gasteiger partial charge in [-0.25, -0.2) is 0 Å². The fourth-order valence-electron chi connectivity index (χ4n) is 2.50. The zero-order valence-corrected chi connectivity index (χ0v) is 14.6. The van der Waals surface area contributed by atoms with Gasteiger partial charge < -0.3 is 14.8 Å². The van der Waals surface area contributed by atoms with Crippen molar-refractivity contribution in [3.63, 3.8) is 0 Å². The van der Waals surface area contributed by atoms with Gasteiger partial charge in [-0.05, 0) is 42.8 Å². The molecule has 3 aromatic rings. The van der Waals surface area contributed by atoms with E-state index < -0.39 is 0 Å². The van der Waals surface area contributed by atoms with Gasteiger partial charge >= 0.3 is 0 Å². The van der Waals surface area contributed by atoms with Crippen LogP contribution in [0.25, 0.3) is 0 Å². The molecule has 3 aromatic carbocycles. The number of amides is 1. The van der Waals surface area contributed by atoms with E-state index in [0.717, 1.165) is 5.56 Å². The van der Waals surface area contributed by atoms with Crippen LogP contribution in [0.5, 0.6) is 11.5 Å². The first kappa shape index (κ1) is 17.5. The third kappa shape index (κ3) is 4.86. The Hall–Kier alpha value is -3.27. The summed E-state index contributed by atoms with van der Waals surface area (Å²) in [5.74, 6) is 1.20. The zero-order valence-electron chi connectivity index (χ0n) is 14.6. The monoisotopic (exact) mass is 347 g/mol. The molecule has 132 valence electrons. The molecule has 0 aromatic heterocycles. The Kier molecular flexibility index (Phi) is 5.88. The van der Waals surface area contributed by atoms with E-state index in [-0.39, 0.29) is 5.91 Å². The molecule has 0 aliphatic rings. The van der Waals surface area contributed by atoms with E-state index in [4.69, 9.17) is 9.47 Å². The van der Waals surface area contributed by atoms with Gasteiger partial charge in [-0.3, -0.25) is 4.79 Å². The fourth-order valence-corrected chi connectivity index (χ4v) is 2.50. The molecule has 0 aliphatic carbocycles. The molecule has 0 aliphatic heterocycles. The molecule has 4 nitrogen and oxygen atoms in total. The Morgan fingerprint density at radius 2 is 1.58 bits per heavy atom. The van der Waals surface area contributed by atoms with E-state index in [0.29, 0.717) is 36.0 Å². The predicted octanol–water partition coefficient (Wildman–Crippen LogP) is 4.92. The van der Waals surface area contributed by atoms with Crippen molar-refractivity contribution < 1.29 is 14.3 Å². The molecule has 1 amide bonds. The lowest BCUT2D eigenvalue weighted by Crippen LogP contribution is -2.12. The summed E-state index contributed by atoms with van der Waals surface area (Å²) in [6.07, 6.45) is 0. The highest BCUT2D eigenvalue weighted by Gasteiger charge is 2.08. The largest absolute Gasteiger partial charge is 0.494 e. The molecule has 0 fully saturated rings. The van der Waals surface area contributed by atoms with Crippen LogP contribution in [-0.4, -0.2) is 12.5 Å². The zero-order chi connectivity index (χ0) is 18.2. The second-order valence-corrected chi connectivity index (χ2v) is 5.72. The first-order chi connectivity index (χ1) is 12.7. The second kappa shape index (κ2) is 8.72. The van der Waals surface area contributed by atoms with Gasteiger partial charge in [0.1, 0.15) is 18.1 Å². The maximum absolute atomic E-state index is 12.5. The molecule has 0 radical (unpaired) electrons. The Morgan fingerprint density at radius 3 is 2.35 bits per heavy atom. The lowest BCUT2D eigenvalue weighted by molar-refractivity contribution is 0.102. The van der Waals surface area contributed by atoms with Gasteiger partial charge in [0.15, 0.2) is 0 Å². The van der Waals surface area contributed by atoms with Crippen molar-refractivity contribution in [3.05, 3.63) is 90.0 Å².